The van der Waals surface area contributed by atoms with Crippen molar-refractivity contribution in [1.82, 2.24) is 14.5 Å². The fourth-order valence-corrected chi connectivity index (χ4v) is 4.98. The van der Waals surface area contributed by atoms with E-state index in [4.69, 9.17) is 4.98 Å². The molecule has 0 saturated carbocycles. The minimum Gasteiger partial charge on any atom is -0.478 e. The van der Waals surface area contributed by atoms with Crippen LogP contribution in [-0.2, 0) is 13.1 Å². The van der Waals surface area contributed by atoms with Gasteiger partial charge >= 0.3 is 5.97 Å². The standard InChI is InChI=1S/C33H39N3O2/c1-4-6-22-35(24-26-18-20-29(21-19-26)33(37)38)25(3)31-30(27-14-10-8-11-15-27)34-32(36(31)23-7-5-2)28-16-12-9-13-17-28/h8-21,25H,4-7,22-24H2,1-3H3,(H,37,38)/t25-/m1/s1. The number of rotatable bonds is 13. The summed E-state index contributed by atoms with van der Waals surface area (Å²) in [5.41, 5.74) is 5.96. The summed E-state index contributed by atoms with van der Waals surface area (Å²) in [6.45, 7) is 9.35. The van der Waals surface area contributed by atoms with Crippen LogP contribution in [0.5, 0.6) is 0 Å². The molecule has 38 heavy (non-hydrogen) atoms. The summed E-state index contributed by atoms with van der Waals surface area (Å²) in [6.07, 6.45) is 4.38. The van der Waals surface area contributed by atoms with Gasteiger partial charge in [-0.2, -0.15) is 0 Å². The highest BCUT2D eigenvalue weighted by Crippen LogP contribution is 2.36. The number of imidazole rings is 1. The Labute approximate surface area is 226 Å². The molecule has 0 fully saturated rings. The third kappa shape index (κ3) is 6.40. The zero-order chi connectivity index (χ0) is 26.9. The molecule has 0 radical (unpaired) electrons. The molecule has 1 heterocycles. The fraction of sp³-hybridized carbons (Fsp3) is 0.333. The van der Waals surface area contributed by atoms with Crippen LogP contribution in [0, 0.1) is 0 Å². The van der Waals surface area contributed by atoms with Crippen molar-refractivity contribution in [3.8, 4) is 22.6 Å². The van der Waals surface area contributed by atoms with Gasteiger partial charge in [0.25, 0.3) is 0 Å². The summed E-state index contributed by atoms with van der Waals surface area (Å²) < 4.78 is 2.44. The highest BCUT2D eigenvalue weighted by atomic mass is 16.4. The lowest BCUT2D eigenvalue weighted by atomic mass is 10.0. The molecule has 4 rings (SSSR count). The van der Waals surface area contributed by atoms with Gasteiger partial charge < -0.3 is 9.67 Å². The maximum Gasteiger partial charge on any atom is 0.335 e. The van der Waals surface area contributed by atoms with Crippen LogP contribution in [0.3, 0.4) is 0 Å². The smallest absolute Gasteiger partial charge is 0.335 e. The summed E-state index contributed by atoms with van der Waals surface area (Å²) in [7, 11) is 0. The Kier molecular flexibility index (Phi) is 9.50. The number of nitrogens with zero attached hydrogens (tertiary/aromatic N) is 3. The number of carboxylic acid groups (broad SMARTS) is 1. The lowest BCUT2D eigenvalue weighted by Gasteiger charge is -2.31. The van der Waals surface area contributed by atoms with E-state index in [1.165, 1.54) is 5.69 Å². The lowest BCUT2D eigenvalue weighted by molar-refractivity contribution is 0.0697. The second kappa shape index (κ2) is 13.2. The Morgan fingerprint density at radius 3 is 2.05 bits per heavy atom. The zero-order valence-electron chi connectivity index (χ0n) is 22.8. The van der Waals surface area contributed by atoms with Gasteiger partial charge in [0.05, 0.1) is 17.0 Å². The monoisotopic (exact) mass is 509 g/mol. The van der Waals surface area contributed by atoms with E-state index in [-0.39, 0.29) is 6.04 Å². The van der Waals surface area contributed by atoms with Gasteiger partial charge in [-0.3, -0.25) is 4.90 Å². The molecule has 0 spiro atoms. The summed E-state index contributed by atoms with van der Waals surface area (Å²) in [4.78, 5) is 19.2. The molecule has 3 aromatic carbocycles. The van der Waals surface area contributed by atoms with E-state index in [1.54, 1.807) is 12.1 Å². The van der Waals surface area contributed by atoms with E-state index in [1.807, 2.05) is 24.3 Å². The number of unbranched alkanes of at least 4 members (excludes halogenated alkanes) is 2. The number of carbonyl (C=O) groups is 1. The second-order valence-corrected chi connectivity index (χ2v) is 9.91. The molecule has 0 amide bonds. The van der Waals surface area contributed by atoms with Crippen LogP contribution in [0.1, 0.15) is 74.1 Å². The topological polar surface area (TPSA) is 58.4 Å². The first kappa shape index (κ1) is 27.3. The molecule has 1 atom stereocenters. The molecule has 0 aliphatic carbocycles. The molecule has 4 aromatic rings. The Bertz CT molecular complexity index is 1300. The third-order valence-electron chi connectivity index (χ3n) is 7.15. The number of hydrogen-bond donors (Lipinski definition) is 1. The van der Waals surface area contributed by atoms with Crippen LogP contribution >= 0.6 is 0 Å². The van der Waals surface area contributed by atoms with Crippen molar-refractivity contribution in [1.29, 1.82) is 0 Å². The molecule has 0 saturated heterocycles. The molecule has 198 valence electrons. The van der Waals surface area contributed by atoms with Crippen LogP contribution in [0.15, 0.2) is 84.9 Å². The van der Waals surface area contributed by atoms with E-state index in [0.717, 1.165) is 73.5 Å². The van der Waals surface area contributed by atoms with Crippen LogP contribution in [0.4, 0.5) is 0 Å². The van der Waals surface area contributed by atoms with Gasteiger partial charge in [0.2, 0.25) is 0 Å². The van der Waals surface area contributed by atoms with Gasteiger partial charge in [0.15, 0.2) is 0 Å². The average Bonchev–Trinajstić information content (AvgIpc) is 3.34. The van der Waals surface area contributed by atoms with Gasteiger partial charge in [-0.15, -0.1) is 0 Å². The third-order valence-corrected chi connectivity index (χ3v) is 7.15. The molecule has 0 aliphatic heterocycles. The number of hydrogen-bond acceptors (Lipinski definition) is 3. The normalized spacial score (nSPS) is 12.1. The summed E-state index contributed by atoms with van der Waals surface area (Å²) in [5, 5.41) is 9.33. The lowest BCUT2D eigenvalue weighted by Crippen LogP contribution is -2.30. The molecule has 0 aliphatic rings. The summed E-state index contributed by atoms with van der Waals surface area (Å²) in [5.74, 6) is 0.120. The van der Waals surface area contributed by atoms with E-state index >= 15 is 0 Å². The highest BCUT2D eigenvalue weighted by Gasteiger charge is 2.27. The molecule has 5 heteroatoms. The molecule has 0 unspecified atom stereocenters. The quantitative estimate of drug-likeness (QED) is 0.198. The van der Waals surface area contributed by atoms with E-state index < -0.39 is 5.97 Å². The van der Waals surface area contributed by atoms with Gasteiger partial charge in [-0.1, -0.05) is 99.5 Å². The average molecular weight is 510 g/mol. The maximum atomic E-state index is 11.4. The Balaban J connectivity index is 1.82. The SMILES string of the molecule is CCCCN(Cc1ccc(C(=O)O)cc1)[C@H](C)c1c(-c2ccccc2)nc(-c2ccccc2)n1CCCC. The van der Waals surface area contributed by atoms with Crippen molar-refractivity contribution in [2.24, 2.45) is 0 Å². The largest absolute Gasteiger partial charge is 0.478 e. The molecule has 1 N–H and O–H groups in total. The van der Waals surface area contributed by atoms with Crippen molar-refractivity contribution in [3.05, 3.63) is 102 Å². The molecular formula is C33H39N3O2. The van der Waals surface area contributed by atoms with E-state index in [0.29, 0.717) is 5.56 Å². The number of aromatic carboxylic acids is 1. The highest BCUT2D eigenvalue weighted by molar-refractivity contribution is 5.87. The number of aromatic nitrogens is 2. The number of carboxylic acids is 1. The van der Waals surface area contributed by atoms with Gasteiger partial charge in [-0.25, -0.2) is 9.78 Å². The minimum atomic E-state index is -0.895. The zero-order valence-corrected chi connectivity index (χ0v) is 22.8. The van der Waals surface area contributed by atoms with E-state index in [9.17, 15) is 9.90 Å². The maximum absolute atomic E-state index is 11.4. The second-order valence-electron chi connectivity index (χ2n) is 9.91. The van der Waals surface area contributed by atoms with Crippen LogP contribution in [0.2, 0.25) is 0 Å². The predicted octanol–water partition coefficient (Wildman–Crippen LogP) is 8.08. The van der Waals surface area contributed by atoms with Crippen LogP contribution < -0.4 is 0 Å². The van der Waals surface area contributed by atoms with Gasteiger partial charge in [-0.05, 0) is 44.0 Å². The van der Waals surface area contributed by atoms with Crippen molar-refractivity contribution in [2.75, 3.05) is 6.54 Å². The molecule has 0 bridgehead atoms. The summed E-state index contributed by atoms with van der Waals surface area (Å²) in [6, 6.07) is 28.4. The summed E-state index contributed by atoms with van der Waals surface area (Å²) >= 11 is 0. The number of benzene rings is 3. The van der Waals surface area contributed by atoms with Crippen molar-refractivity contribution < 1.29 is 9.90 Å². The van der Waals surface area contributed by atoms with Crippen molar-refractivity contribution in [3.63, 3.8) is 0 Å². The van der Waals surface area contributed by atoms with Gasteiger partial charge in [0, 0.05) is 30.3 Å². The Morgan fingerprint density at radius 2 is 1.47 bits per heavy atom. The fourth-order valence-electron chi connectivity index (χ4n) is 4.98. The van der Waals surface area contributed by atoms with E-state index in [2.05, 4.69) is 78.8 Å². The molecular weight excluding hydrogens is 470 g/mol. The Morgan fingerprint density at radius 1 is 0.868 bits per heavy atom. The first-order chi connectivity index (χ1) is 18.5. The van der Waals surface area contributed by atoms with Crippen molar-refractivity contribution >= 4 is 5.97 Å². The molecule has 1 aromatic heterocycles. The van der Waals surface area contributed by atoms with Crippen LogP contribution in [-0.4, -0.2) is 32.1 Å². The first-order valence-corrected chi connectivity index (χ1v) is 13.8. The van der Waals surface area contributed by atoms with Crippen molar-refractivity contribution in [2.45, 2.75) is 65.6 Å². The minimum absolute atomic E-state index is 0.109. The van der Waals surface area contributed by atoms with Gasteiger partial charge in [0.1, 0.15) is 5.82 Å². The first-order valence-electron chi connectivity index (χ1n) is 13.8. The molecule has 5 nitrogen and oxygen atoms in total. The van der Waals surface area contributed by atoms with Crippen LogP contribution in [0.25, 0.3) is 22.6 Å². The predicted molar refractivity (Wildman–Crippen MR) is 155 cm³/mol. The Hall–Kier alpha value is -3.70.